The quantitative estimate of drug-likeness (QED) is 0.649. The fraction of sp³-hybridized carbons (Fsp3) is 0.333. The first-order chi connectivity index (χ1) is 8.17. The second-order valence-corrected chi connectivity index (χ2v) is 3.94. The van der Waals surface area contributed by atoms with Crippen LogP contribution in [0.3, 0.4) is 0 Å². The van der Waals surface area contributed by atoms with E-state index in [0.717, 1.165) is 29.4 Å². The van der Waals surface area contributed by atoms with Gasteiger partial charge in [0.05, 0.1) is 10.4 Å². The first kappa shape index (κ1) is 11.6. The van der Waals surface area contributed by atoms with Crippen LogP contribution in [-0.4, -0.2) is 16.0 Å². The monoisotopic (exact) mass is 233 g/mol. The van der Waals surface area contributed by atoms with E-state index in [1.165, 1.54) is 0 Å². The first-order valence-electron chi connectivity index (χ1n) is 5.63. The van der Waals surface area contributed by atoms with E-state index in [9.17, 15) is 10.1 Å². The summed E-state index contributed by atoms with van der Waals surface area (Å²) in [5.74, 6) is 0. The van der Waals surface area contributed by atoms with Crippen molar-refractivity contribution < 1.29 is 4.92 Å². The predicted molar refractivity (Wildman–Crippen MR) is 67.0 cm³/mol. The minimum absolute atomic E-state index is 0.129. The van der Waals surface area contributed by atoms with E-state index in [1.807, 2.05) is 23.8 Å². The first-order valence-corrected chi connectivity index (χ1v) is 5.63. The molecule has 2 aromatic rings. The minimum atomic E-state index is -0.366. The highest BCUT2D eigenvalue weighted by Crippen LogP contribution is 2.26. The summed E-state index contributed by atoms with van der Waals surface area (Å²) >= 11 is 0. The summed E-state index contributed by atoms with van der Waals surface area (Å²) in [5, 5.41) is 11.8. The van der Waals surface area contributed by atoms with Gasteiger partial charge in [-0.25, -0.2) is 0 Å². The van der Waals surface area contributed by atoms with Crippen molar-refractivity contribution in [1.29, 1.82) is 0 Å². The molecule has 0 amide bonds. The van der Waals surface area contributed by atoms with Gasteiger partial charge in [0, 0.05) is 30.3 Å². The third kappa shape index (κ3) is 2.01. The van der Waals surface area contributed by atoms with Crippen LogP contribution in [0.5, 0.6) is 0 Å². The fourth-order valence-corrected chi connectivity index (χ4v) is 2.09. The van der Waals surface area contributed by atoms with Gasteiger partial charge in [-0.05, 0) is 31.5 Å². The molecule has 0 saturated heterocycles. The smallest absolute Gasteiger partial charge is 0.271 e. The van der Waals surface area contributed by atoms with E-state index >= 15 is 0 Å². The average molecular weight is 233 g/mol. The third-order valence-electron chi connectivity index (χ3n) is 2.91. The summed E-state index contributed by atoms with van der Waals surface area (Å²) in [6.45, 7) is 3.40. The number of aryl methyl sites for hydroxylation is 1. The lowest BCUT2D eigenvalue weighted by molar-refractivity contribution is -0.384. The molecule has 2 rings (SSSR count). The van der Waals surface area contributed by atoms with E-state index in [1.54, 1.807) is 12.1 Å². The number of hydrogen-bond donors (Lipinski definition) is 1. The average Bonchev–Trinajstić information content (AvgIpc) is 2.67. The lowest BCUT2D eigenvalue weighted by Gasteiger charge is -1.99. The molecule has 0 aliphatic heterocycles. The predicted octanol–water partition coefficient (Wildman–Crippen LogP) is 2.07. The van der Waals surface area contributed by atoms with Crippen LogP contribution < -0.4 is 5.73 Å². The molecule has 0 aliphatic rings. The summed E-state index contributed by atoms with van der Waals surface area (Å²) in [6, 6.07) is 4.98. The summed E-state index contributed by atoms with van der Waals surface area (Å²) in [4.78, 5) is 10.4. The molecule has 0 unspecified atom stereocenters. The maximum Gasteiger partial charge on any atom is 0.271 e. The Balaban J connectivity index is 2.63. The molecule has 0 spiro atoms. The van der Waals surface area contributed by atoms with Gasteiger partial charge >= 0.3 is 0 Å². The Morgan fingerprint density at radius 1 is 1.47 bits per heavy atom. The Morgan fingerprint density at radius 3 is 2.82 bits per heavy atom. The Bertz CT molecular complexity index is 560. The highest BCUT2D eigenvalue weighted by Gasteiger charge is 2.12. The molecule has 2 N–H and O–H groups in total. The van der Waals surface area contributed by atoms with Crippen LogP contribution >= 0.6 is 0 Å². The van der Waals surface area contributed by atoms with E-state index in [0.29, 0.717) is 6.54 Å². The van der Waals surface area contributed by atoms with Crippen molar-refractivity contribution in [3.63, 3.8) is 0 Å². The summed E-state index contributed by atoms with van der Waals surface area (Å²) in [7, 11) is 0. The summed E-state index contributed by atoms with van der Waals surface area (Å²) < 4.78 is 2.02. The van der Waals surface area contributed by atoms with Crippen LogP contribution in [-0.2, 0) is 13.0 Å². The van der Waals surface area contributed by atoms with Gasteiger partial charge in [-0.3, -0.25) is 10.1 Å². The molecule has 0 fully saturated rings. The van der Waals surface area contributed by atoms with Crippen molar-refractivity contribution in [2.24, 2.45) is 5.73 Å². The number of nitro benzene ring substituents is 1. The zero-order valence-electron chi connectivity index (χ0n) is 9.72. The van der Waals surface area contributed by atoms with Crippen molar-refractivity contribution in [3.05, 3.63) is 40.1 Å². The van der Waals surface area contributed by atoms with Gasteiger partial charge in [-0.1, -0.05) is 0 Å². The fourth-order valence-electron chi connectivity index (χ4n) is 2.09. The van der Waals surface area contributed by atoms with E-state index in [2.05, 4.69) is 0 Å². The number of nitrogens with zero attached hydrogens (tertiary/aromatic N) is 2. The van der Waals surface area contributed by atoms with Crippen LogP contribution in [0.15, 0.2) is 24.4 Å². The number of aromatic nitrogens is 1. The number of benzene rings is 1. The molecular formula is C12H15N3O2. The molecule has 0 aliphatic carbocycles. The molecule has 0 radical (unpaired) electrons. The lowest BCUT2D eigenvalue weighted by Crippen LogP contribution is -2.02. The van der Waals surface area contributed by atoms with Gasteiger partial charge in [0.1, 0.15) is 0 Å². The molecule has 0 atom stereocenters. The van der Waals surface area contributed by atoms with Crippen molar-refractivity contribution >= 4 is 16.6 Å². The molecule has 17 heavy (non-hydrogen) atoms. The third-order valence-corrected chi connectivity index (χ3v) is 2.91. The second-order valence-electron chi connectivity index (χ2n) is 3.94. The molecule has 1 aromatic carbocycles. The second kappa shape index (κ2) is 4.55. The number of nitro groups is 1. The van der Waals surface area contributed by atoms with Crippen molar-refractivity contribution in [3.8, 4) is 0 Å². The minimum Gasteiger partial charge on any atom is -0.347 e. The van der Waals surface area contributed by atoms with Crippen LogP contribution in [0.4, 0.5) is 5.69 Å². The van der Waals surface area contributed by atoms with E-state index in [-0.39, 0.29) is 10.6 Å². The van der Waals surface area contributed by atoms with Gasteiger partial charge in [-0.2, -0.15) is 0 Å². The topological polar surface area (TPSA) is 74.1 Å². The van der Waals surface area contributed by atoms with Crippen LogP contribution in [0, 0.1) is 10.1 Å². The van der Waals surface area contributed by atoms with Crippen LogP contribution in [0.2, 0.25) is 0 Å². The number of hydrogen-bond acceptors (Lipinski definition) is 3. The Hall–Kier alpha value is -1.88. The normalized spacial score (nSPS) is 10.9. The largest absolute Gasteiger partial charge is 0.347 e. The highest BCUT2D eigenvalue weighted by molar-refractivity contribution is 5.86. The zero-order chi connectivity index (χ0) is 12.4. The van der Waals surface area contributed by atoms with Crippen molar-refractivity contribution in [1.82, 2.24) is 4.57 Å². The zero-order valence-corrected chi connectivity index (χ0v) is 9.72. The lowest BCUT2D eigenvalue weighted by atomic mass is 10.1. The molecule has 0 bridgehead atoms. The number of non-ortho nitro benzene ring substituents is 1. The Labute approximate surface area is 99.0 Å². The van der Waals surface area contributed by atoms with Crippen molar-refractivity contribution in [2.75, 3.05) is 6.54 Å². The van der Waals surface area contributed by atoms with Gasteiger partial charge in [0.15, 0.2) is 0 Å². The molecule has 5 nitrogen and oxygen atoms in total. The van der Waals surface area contributed by atoms with Gasteiger partial charge in [0.2, 0.25) is 0 Å². The van der Waals surface area contributed by atoms with Crippen LogP contribution in [0.1, 0.15) is 12.5 Å². The Morgan fingerprint density at radius 2 is 2.24 bits per heavy atom. The maximum absolute atomic E-state index is 10.8. The summed E-state index contributed by atoms with van der Waals surface area (Å²) in [5.41, 5.74) is 7.75. The van der Waals surface area contributed by atoms with Crippen molar-refractivity contribution in [2.45, 2.75) is 19.9 Å². The van der Waals surface area contributed by atoms with Gasteiger partial charge in [-0.15, -0.1) is 0 Å². The van der Waals surface area contributed by atoms with Gasteiger partial charge < -0.3 is 10.3 Å². The molecule has 1 aromatic heterocycles. The molecule has 5 heteroatoms. The SMILES string of the molecule is CCn1cc(CCN)c2ccc([N+](=O)[O-])cc21. The molecular weight excluding hydrogens is 218 g/mol. The number of rotatable bonds is 4. The number of fused-ring (bicyclic) bond motifs is 1. The standard InChI is InChI=1S/C12H15N3O2/c1-2-14-8-9(5-6-13)11-4-3-10(15(16)17)7-12(11)14/h3-4,7-8H,2,5-6,13H2,1H3. The Kier molecular flexibility index (Phi) is 3.10. The molecule has 1 heterocycles. The molecule has 90 valence electrons. The van der Waals surface area contributed by atoms with E-state index in [4.69, 9.17) is 5.73 Å². The van der Waals surface area contributed by atoms with Crippen LogP contribution in [0.25, 0.3) is 10.9 Å². The number of nitrogens with two attached hydrogens (primary N) is 1. The highest BCUT2D eigenvalue weighted by atomic mass is 16.6. The summed E-state index contributed by atoms with van der Waals surface area (Å²) in [6.07, 6.45) is 2.82. The van der Waals surface area contributed by atoms with E-state index < -0.39 is 0 Å². The molecule has 0 saturated carbocycles. The maximum atomic E-state index is 10.8. The van der Waals surface area contributed by atoms with Gasteiger partial charge in [0.25, 0.3) is 5.69 Å².